The second-order valence-electron chi connectivity index (χ2n) is 14.1. The maximum Gasteiger partial charge on any atom is 0.154 e. The normalized spacial score (nSPS) is 12.1. The summed E-state index contributed by atoms with van der Waals surface area (Å²) in [6, 6.07) is 67.3. The molecule has 0 amide bonds. The maximum atomic E-state index is 7.84. The number of aromatic nitrogens is 2. The third kappa shape index (κ3) is 5.40. The molecular weight excluding hydrogens is 683 g/mol. The number of nitrogens with two attached hydrogens (primary N) is 1. The zero-order valence-corrected chi connectivity index (χ0v) is 30.6. The quantitative estimate of drug-likeness (QED) is 0.138. The van der Waals surface area contributed by atoms with Gasteiger partial charge in [0.05, 0.1) is 22.1 Å². The van der Waals surface area contributed by atoms with Crippen LogP contribution in [-0.4, -0.2) is 20.8 Å². The Kier molecular flexibility index (Phi) is 8.11. The molecule has 5 heteroatoms. The van der Waals surface area contributed by atoms with E-state index in [4.69, 9.17) is 11.1 Å². The average molecular weight is 720 g/mol. The van der Waals surface area contributed by atoms with Gasteiger partial charge in [-0.3, -0.25) is 5.41 Å². The Morgan fingerprint density at radius 1 is 0.482 bits per heavy atom. The van der Waals surface area contributed by atoms with E-state index < -0.39 is 0 Å². The lowest BCUT2D eigenvalue weighted by atomic mass is 9.96. The number of aliphatic imine (C=N–C) groups is 1. The number of rotatable bonds is 4. The van der Waals surface area contributed by atoms with Gasteiger partial charge in [-0.1, -0.05) is 158 Å². The van der Waals surface area contributed by atoms with Crippen LogP contribution in [0.1, 0.15) is 22.3 Å². The van der Waals surface area contributed by atoms with Gasteiger partial charge >= 0.3 is 0 Å². The second-order valence-corrected chi connectivity index (χ2v) is 14.1. The standard InChI is InChI=1S/C37H24N2.C14H13N3/c1-3-14-25(15-4-1)38-31-21-11-9-19-28(31)34-35-29-20-10-12-22-32(29)39(26-16-5-2-6-17-26)37(35)33-27-18-8-7-13-24(27)23-30(33)36(34)38;15-13(11-7-3-1-4-8-11)17-14(16)12-9-5-2-6-10-12/h1-22H,23H2;1-10H,(H3,15,16,17). The lowest BCUT2D eigenvalue weighted by Crippen LogP contribution is -2.15. The molecule has 0 fully saturated rings. The first-order valence-electron chi connectivity index (χ1n) is 18.9. The number of hydrogen-bond acceptors (Lipinski definition) is 1. The van der Waals surface area contributed by atoms with Crippen molar-refractivity contribution in [3.8, 4) is 22.5 Å². The van der Waals surface area contributed by atoms with Gasteiger partial charge in [-0.15, -0.1) is 0 Å². The van der Waals surface area contributed by atoms with E-state index in [9.17, 15) is 0 Å². The number of para-hydroxylation sites is 4. The fourth-order valence-corrected chi connectivity index (χ4v) is 8.49. The van der Waals surface area contributed by atoms with Gasteiger partial charge in [0, 0.05) is 56.0 Å². The van der Waals surface area contributed by atoms with Crippen LogP contribution >= 0.6 is 0 Å². The smallest absolute Gasteiger partial charge is 0.154 e. The van der Waals surface area contributed by atoms with Crippen molar-refractivity contribution in [2.24, 2.45) is 10.7 Å². The predicted molar refractivity (Wildman–Crippen MR) is 234 cm³/mol. The molecule has 2 heterocycles. The van der Waals surface area contributed by atoms with Crippen LogP contribution in [0.4, 0.5) is 0 Å². The summed E-state index contributed by atoms with van der Waals surface area (Å²) in [5, 5.41) is 13.1. The Balaban J connectivity index is 0.000000191. The van der Waals surface area contributed by atoms with E-state index in [-0.39, 0.29) is 5.84 Å². The molecule has 11 rings (SSSR count). The number of nitrogens with zero attached hydrogens (tertiary/aromatic N) is 3. The number of amidine groups is 2. The summed E-state index contributed by atoms with van der Waals surface area (Å²) in [6.07, 6.45) is 0.928. The molecule has 0 atom stereocenters. The van der Waals surface area contributed by atoms with Gasteiger partial charge in [0.1, 0.15) is 5.84 Å². The van der Waals surface area contributed by atoms with Crippen molar-refractivity contribution < 1.29 is 0 Å². The van der Waals surface area contributed by atoms with Crippen LogP contribution in [-0.2, 0) is 6.42 Å². The van der Waals surface area contributed by atoms with E-state index >= 15 is 0 Å². The molecule has 1 aliphatic rings. The van der Waals surface area contributed by atoms with Gasteiger partial charge in [-0.05, 0) is 53.1 Å². The molecule has 3 N–H and O–H groups in total. The topological polar surface area (TPSA) is 72.1 Å². The first kappa shape index (κ1) is 33.1. The molecule has 56 heavy (non-hydrogen) atoms. The SMILES string of the molecule is N=C(N=C(N)c1ccccc1)c1ccccc1.c1ccc(-n2c3ccccc3c3c4c5ccccc5n(-c5ccccc5)c4c4c(c32)Cc2ccccc2-4)cc1. The molecule has 2 aromatic heterocycles. The minimum atomic E-state index is 0.173. The summed E-state index contributed by atoms with van der Waals surface area (Å²) in [4.78, 5) is 4.10. The minimum Gasteiger partial charge on any atom is -0.383 e. The van der Waals surface area contributed by atoms with Crippen LogP contribution in [0, 0.1) is 5.41 Å². The second kappa shape index (κ2) is 13.7. The molecule has 0 aliphatic heterocycles. The number of benzene rings is 8. The third-order valence-corrected chi connectivity index (χ3v) is 10.9. The van der Waals surface area contributed by atoms with E-state index in [1.54, 1.807) is 0 Å². The molecule has 0 spiro atoms. The number of fused-ring (bicyclic) bond motifs is 12. The molecule has 266 valence electrons. The molecular formula is C51H37N5. The highest BCUT2D eigenvalue weighted by molar-refractivity contribution is 6.33. The largest absolute Gasteiger partial charge is 0.383 e. The van der Waals surface area contributed by atoms with Crippen molar-refractivity contribution >= 4 is 55.3 Å². The van der Waals surface area contributed by atoms with Crippen molar-refractivity contribution in [3.63, 3.8) is 0 Å². The predicted octanol–water partition coefficient (Wildman–Crippen LogP) is 11.9. The Morgan fingerprint density at radius 2 is 0.929 bits per heavy atom. The molecule has 5 nitrogen and oxygen atoms in total. The van der Waals surface area contributed by atoms with Crippen molar-refractivity contribution in [1.82, 2.24) is 9.13 Å². The van der Waals surface area contributed by atoms with Crippen molar-refractivity contribution in [1.29, 1.82) is 5.41 Å². The molecule has 8 aromatic carbocycles. The Labute approximate surface area is 324 Å². The first-order valence-corrected chi connectivity index (χ1v) is 18.9. The molecule has 0 radical (unpaired) electrons. The van der Waals surface area contributed by atoms with Crippen molar-refractivity contribution in [2.45, 2.75) is 6.42 Å². The van der Waals surface area contributed by atoms with Gasteiger partial charge < -0.3 is 14.9 Å². The Morgan fingerprint density at radius 3 is 1.52 bits per heavy atom. The van der Waals surface area contributed by atoms with E-state index in [1.165, 1.54) is 77.2 Å². The lowest BCUT2D eigenvalue weighted by molar-refractivity contribution is 1.15. The van der Waals surface area contributed by atoms with Gasteiger partial charge in [0.25, 0.3) is 0 Å². The molecule has 10 aromatic rings. The van der Waals surface area contributed by atoms with Gasteiger partial charge in [-0.25, -0.2) is 4.99 Å². The molecule has 0 bridgehead atoms. The van der Waals surface area contributed by atoms with Gasteiger partial charge in [0.15, 0.2) is 5.84 Å². The first-order chi connectivity index (χ1) is 27.7. The summed E-state index contributed by atoms with van der Waals surface area (Å²) < 4.78 is 5.00. The van der Waals surface area contributed by atoms with Crippen LogP contribution in [0.2, 0.25) is 0 Å². The molecule has 1 aliphatic carbocycles. The zero-order valence-electron chi connectivity index (χ0n) is 30.6. The fourth-order valence-electron chi connectivity index (χ4n) is 8.49. The van der Waals surface area contributed by atoms with Crippen LogP contribution in [0.5, 0.6) is 0 Å². The van der Waals surface area contributed by atoms with Crippen LogP contribution < -0.4 is 5.73 Å². The fraction of sp³-hybridized carbons (Fsp3) is 0.0196. The highest BCUT2D eigenvalue weighted by atomic mass is 15.0. The van der Waals surface area contributed by atoms with Crippen molar-refractivity contribution in [2.75, 3.05) is 0 Å². The van der Waals surface area contributed by atoms with Crippen molar-refractivity contribution in [3.05, 3.63) is 216 Å². The van der Waals surface area contributed by atoms with E-state index in [1.807, 2.05) is 60.7 Å². The minimum absolute atomic E-state index is 0.173. The summed E-state index contributed by atoms with van der Waals surface area (Å²) in [5.74, 6) is 0.534. The zero-order chi connectivity index (χ0) is 37.6. The lowest BCUT2D eigenvalue weighted by Gasteiger charge is -2.15. The van der Waals surface area contributed by atoms with Crippen LogP contribution in [0.15, 0.2) is 199 Å². The molecule has 0 saturated heterocycles. The average Bonchev–Trinajstić information content (AvgIpc) is 3.93. The van der Waals surface area contributed by atoms with Gasteiger partial charge in [0.2, 0.25) is 0 Å². The van der Waals surface area contributed by atoms with E-state index in [0.29, 0.717) is 5.84 Å². The highest BCUT2D eigenvalue weighted by Crippen LogP contribution is 2.52. The van der Waals surface area contributed by atoms with E-state index in [0.717, 1.165) is 17.5 Å². The summed E-state index contributed by atoms with van der Waals surface area (Å²) >= 11 is 0. The van der Waals surface area contributed by atoms with E-state index in [2.05, 4.69) is 148 Å². The van der Waals surface area contributed by atoms with Gasteiger partial charge in [-0.2, -0.15) is 0 Å². The molecule has 0 unspecified atom stereocenters. The number of nitrogens with one attached hydrogen (secondary N) is 1. The summed E-state index contributed by atoms with van der Waals surface area (Å²) in [5.41, 5.74) is 20.5. The summed E-state index contributed by atoms with van der Waals surface area (Å²) in [6.45, 7) is 0. The molecule has 0 saturated carbocycles. The number of hydrogen-bond donors (Lipinski definition) is 2. The highest BCUT2D eigenvalue weighted by Gasteiger charge is 2.31. The third-order valence-electron chi connectivity index (χ3n) is 10.9. The monoisotopic (exact) mass is 719 g/mol. The Bertz CT molecular complexity index is 3100. The summed E-state index contributed by atoms with van der Waals surface area (Å²) in [7, 11) is 0. The maximum absolute atomic E-state index is 7.84. The Hall–Kier alpha value is -7.50. The van der Waals surface area contributed by atoms with Crippen LogP contribution in [0.3, 0.4) is 0 Å². The van der Waals surface area contributed by atoms with Crippen LogP contribution in [0.25, 0.3) is 66.1 Å².